The monoisotopic (exact) mass is 274 g/mol. The minimum absolute atomic E-state index is 0.0218. The van der Waals surface area contributed by atoms with Crippen LogP contribution < -0.4 is 11.1 Å². The van der Waals surface area contributed by atoms with Gasteiger partial charge in [0.25, 0.3) is 5.91 Å². The van der Waals surface area contributed by atoms with Gasteiger partial charge in [-0.2, -0.15) is 0 Å². The van der Waals surface area contributed by atoms with E-state index in [9.17, 15) is 4.79 Å². The van der Waals surface area contributed by atoms with Crippen molar-refractivity contribution in [3.05, 3.63) is 35.2 Å². The average molecular weight is 274 g/mol. The second-order valence-electron chi connectivity index (χ2n) is 5.29. The van der Waals surface area contributed by atoms with Crippen molar-refractivity contribution >= 4 is 27.3 Å². The van der Waals surface area contributed by atoms with Crippen molar-refractivity contribution < 1.29 is 4.79 Å². The number of hydrogen-bond acceptors (Lipinski definition) is 3. The molecule has 0 radical (unpaired) electrons. The lowest BCUT2D eigenvalue weighted by atomic mass is 9.98. The first-order valence-corrected chi connectivity index (χ1v) is 7.55. The van der Waals surface area contributed by atoms with Crippen molar-refractivity contribution in [3.63, 3.8) is 0 Å². The van der Waals surface area contributed by atoms with E-state index >= 15 is 0 Å². The third-order valence-corrected chi connectivity index (χ3v) is 5.09. The summed E-state index contributed by atoms with van der Waals surface area (Å²) in [5.41, 5.74) is 5.69. The van der Waals surface area contributed by atoms with Crippen LogP contribution in [-0.4, -0.2) is 18.0 Å². The average Bonchev–Trinajstić information content (AvgIpc) is 3.05. The Bertz CT molecular complexity index is 566. The molecule has 1 fully saturated rings. The predicted octanol–water partition coefficient (Wildman–Crippen LogP) is 2.90. The number of hydrogen-bond donors (Lipinski definition) is 2. The van der Waals surface area contributed by atoms with E-state index in [1.807, 2.05) is 30.3 Å². The van der Waals surface area contributed by atoms with Gasteiger partial charge in [-0.1, -0.05) is 31.0 Å². The molecular weight excluding hydrogens is 256 g/mol. The number of nitrogens with two attached hydrogens (primary N) is 1. The molecule has 3 rings (SSSR count). The fourth-order valence-corrected chi connectivity index (χ4v) is 3.79. The van der Waals surface area contributed by atoms with E-state index in [2.05, 4.69) is 5.32 Å². The SMILES string of the molecule is NCC1(NC(=O)c2cc3ccccc3s2)CCCC1. The number of carbonyl (C=O) groups excluding carboxylic acids is 1. The van der Waals surface area contributed by atoms with Crippen LogP contribution in [0.1, 0.15) is 35.4 Å². The Labute approximate surface area is 116 Å². The van der Waals surface area contributed by atoms with Crippen LogP contribution in [0.25, 0.3) is 10.1 Å². The summed E-state index contributed by atoms with van der Waals surface area (Å²) in [4.78, 5) is 13.2. The zero-order chi connectivity index (χ0) is 13.3. The second-order valence-corrected chi connectivity index (χ2v) is 6.38. The first-order chi connectivity index (χ1) is 9.22. The molecule has 3 nitrogen and oxygen atoms in total. The smallest absolute Gasteiger partial charge is 0.261 e. The van der Waals surface area contributed by atoms with Crippen LogP contribution in [0.3, 0.4) is 0 Å². The maximum absolute atomic E-state index is 12.4. The van der Waals surface area contributed by atoms with Crippen LogP contribution in [0.4, 0.5) is 0 Å². The normalized spacial score (nSPS) is 17.7. The Morgan fingerprint density at radius 2 is 2.05 bits per heavy atom. The Morgan fingerprint density at radius 1 is 1.32 bits per heavy atom. The Hall–Kier alpha value is -1.39. The third kappa shape index (κ3) is 2.38. The molecular formula is C15H18N2OS. The van der Waals surface area contributed by atoms with E-state index in [-0.39, 0.29) is 11.4 Å². The lowest BCUT2D eigenvalue weighted by Crippen LogP contribution is -2.51. The zero-order valence-corrected chi connectivity index (χ0v) is 11.6. The minimum Gasteiger partial charge on any atom is -0.345 e. The lowest BCUT2D eigenvalue weighted by molar-refractivity contribution is 0.0907. The highest BCUT2D eigenvalue weighted by molar-refractivity contribution is 7.20. The summed E-state index contributed by atoms with van der Waals surface area (Å²) in [6.07, 6.45) is 4.31. The van der Waals surface area contributed by atoms with Gasteiger partial charge in [0.2, 0.25) is 0 Å². The molecule has 0 bridgehead atoms. The highest BCUT2D eigenvalue weighted by atomic mass is 32.1. The molecule has 2 aromatic rings. The summed E-state index contributed by atoms with van der Waals surface area (Å²) in [5, 5.41) is 4.30. The Kier molecular flexibility index (Phi) is 3.29. The molecule has 100 valence electrons. The molecule has 1 aliphatic rings. The van der Waals surface area contributed by atoms with Gasteiger partial charge in [0.05, 0.1) is 10.4 Å². The van der Waals surface area contributed by atoms with Gasteiger partial charge in [-0.05, 0) is 30.4 Å². The molecule has 0 aliphatic heterocycles. The first kappa shape index (κ1) is 12.6. The molecule has 1 heterocycles. The van der Waals surface area contributed by atoms with Crippen LogP contribution in [-0.2, 0) is 0 Å². The van der Waals surface area contributed by atoms with Gasteiger partial charge in [-0.3, -0.25) is 4.79 Å². The highest BCUT2D eigenvalue weighted by Gasteiger charge is 2.34. The van der Waals surface area contributed by atoms with Gasteiger partial charge in [-0.25, -0.2) is 0 Å². The minimum atomic E-state index is -0.173. The Balaban J connectivity index is 1.83. The number of benzene rings is 1. The number of nitrogens with one attached hydrogen (secondary N) is 1. The summed E-state index contributed by atoms with van der Waals surface area (Å²) >= 11 is 1.55. The molecule has 4 heteroatoms. The molecule has 19 heavy (non-hydrogen) atoms. The molecule has 0 saturated heterocycles. The van der Waals surface area contributed by atoms with E-state index < -0.39 is 0 Å². The number of fused-ring (bicyclic) bond motifs is 1. The van der Waals surface area contributed by atoms with Gasteiger partial charge < -0.3 is 11.1 Å². The van der Waals surface area contributed by atoms with Gasteiger partial charge in [0.15, 0.2) is 0 Å². The van der Waals surface area contributed by atoms with E-state index in [0.29, 0.717) is 6.54 Å². The number of amides is 1. The summed E-state index contributed by atoms with van der Waals surface area (Å²) in [5.74, 6) is 0.0218. The lowest BCUT2D eigenvalue weighted by Gasteiger charge is -2.28. The van der Waals surface area contributed by atoms with Crippen LogP contribution in [0, 0.1) is 0 Å². The van der Waals surface area contributed by atoms with Crippen molar-refractivity contribution in [2.45, 2.75) is 31.2 Å². The number of thiophene rings is 1. The van der Waals surface area contributed by atoms with Crippen molar-refractivity contribution in [2.75, 3.05) is 6.54 Å². The number of rotatable bonds is 3. The predicted molar refractivity (Wildman–Crippen MR) is 79.5 cm³/mol. The topological polar surface area (TPSA) is 55.1 Å². The maximum atomic E-state index is 12.4. The van der Waals surface area contributed by atoms with Crippen molar-refractivity contribution in [2.24, 2.45) is 5.73 Å². The Morgan fingerprint density at radius 3 is 2.74 bits per heavy atom. The van der Waals surface area contributed by atoms with Crippen molar-refractivity contribution in [3.8, 4) is 0 Å². The fraction of sp³-hybridized carbons (Fsp3) is 0.400. The molecule has 1 amide bonds. The van der Waals surface area contributed by atoms with Crippen molar-refractivity contribution in [1.82, 2.24) is 5.32 Å². The molecule has 0 unspecified atom stereocenters. The van der Waals surface area contributed by atoms with Gasteiger partial charge in [0, 0.05) is 11.2 Å². The molecule has 3 N–H and O–H groups in total. The zero-order valence-electron chi connectivity index (χ0n) is 10.8. The largest absolute Gasteiger partial charge is 0.345 e. The van der Waals surface area contributed by atoms with Gasteiger partial charge >= 0.3 is 0 Å². The maximum Gasteiger partial charge on any atom is 0.261 e. The molecule has 0 atom stereocenters. The summed E-state index contributed by atoms with van der Waals surface area (Å²) in [6, 6.07) is 10.0. The quantitative estimate of drug-likeness (QED) is 0.904. The van der Waals surface area contributed by atoms with Crippen LogP contribution in [0.2, 0.25) is 0 Å². The third-order valence-electron chi connectivity index (χ3n) is 3.98. The van der Waals surface area contributed by atoms with Gasteiger partial charge in [-0.15, -0.1) is 11.3 Å². The molecule has 0 spiro atoms. The molecule has 1 saturated carbocycles. The summed E-state index contributed by atoms with van der Waals surface area (Å²) < 4.78 is 1.15. The second kappa shape index (κ2) is 4.94. The molecule has 1 aliphatic carbocycles. The molecule has 1 aromatic heterocycles. The number of carbonyl (C=O) groups is 1. The van der Waals surface area contributed by atoms with E-state index in [4.69, 9.17) is 5.73 Å². The highest BCUT2D eigenvalue weighted by Crippen LogP contribution is 2.30. The van der Waals surface area contributed by atoms with Crippen LogP contribution in [0.15, 0.2) is 30.3 Å². The molecule has 1 aromatic carbocycles. The van der Waals surface area contributed by atoms with Crippen LogP contribution in [0.5, 0.6) is 0 Å². The van der Waals surface area contributed by atoms with Crippen LogP contribution >= 0.6 is 11.3 Å². The van der Waals surface area contributed by atoms with E-state index in [0.717, 1.165) is 40.6 Å². The van der Waals surface area contributed by atoms with E-state index in [1.165, 1.54) is 0 Å². The standard InChI is InChI=1S/C15H18N2OS/c16-10-15(7-3-4-8-15)17-14(18)13-9-11-5-1-2-6-12(11)19-13/h1-2,5-6,9H,3-4,7-8,10,16H2,(H,17,18). The summed E-state index contributed by atoms with van der Waals surface area (Å²) in [7, 11) is 0. The van der Waals surface area contributed by atoms with Gasteiger partial charge in [0.1, 0.15) is 0 Å². The van der Waals surface area contributed by atoms with E-state index in [1.54, 1.807) is 11.3 Å². The summed E-state index contributed by atoms with van der Waals surface area (Å²) in [6.45, 7) is 0.531. The first-order valence-electron chi connectivity index (χ1n) is 6.74. The van der Waals surface area contributed by atoms with Crippen molar-refractivity contribution in [1.29, 1.82) is 0 Å². The fourth-order valence-electron chi connectivity index (χ4n) is 2.83.